The molecule has 0 fully saturated rings. The Balaban J connectivity index is 2.31. The first-order chi connectivity index (χ1) is 8.74. The van der Waals surface area contributed by atoms with Crippen LogP contribution in [0.15, 0.2) is 35.3 Å². The Kier molecular flexibility index (Phi) is 3.87. The summed E-state index contributed by atoms with van der Waals surface area (Å²) in [6, 6.07) is 10.5. The molecule has 4 nitrogen and oxygen atoms in total. The van der Waals surface area contributed by atoms with Gasteiger partial charge in [0.25, 0.3) is 0 Å². The van der Waals surface area contributed by atoms with Gasteiger partial charge in [-0.25, -0.2) is 0 Å². The third kappa shape index (κ3) is 2.08. The quantitative estimate of drug-likeness (QED) is 0.859. The predicted molar refractivity (Wildman–Crippen MR) is 73.5 cm³/mol. The maximum absolute atomic E-state index is 6.03. The second kappa shape index (κ2) is 5.40. The molecule has 18 heavy (non-hydrogen) atoms. The molecule has 4 heteroatoms. The van der Waals surface area contributed by atoms with Crippen molar-refractivity contribution >= 4 is 5.96 Å². The third-order valence-electron chi connectivity index (χ3n) is 3.71. The molecule has 1 heterocycles. The Bertz CT molecular complexity index is 418. The highest BCUT2D eigenvalue weighted by molar-refractivity contribution is 5.81. The summed E-state index contributed by atoms with van der Waals surface area (Å²) in [5, 5.41) is 0. The van der Waals surface area contributed by atoms with E-state index in [1.165, 1.54) is 5.56 Å². The van der Waals surface area contributed by atoms with Crippen molar-refractivity contribution in [1.82, 2.24) is 4.90 Å². The number of guanidine groups is 1. The van der Waals surface area contributed by atoms with Crippen LogP contribution in [0.5, 0.6) is 0 Å². The third-order valence-corrected chi connectivity index (χ3v) is 3.71. The van der Waals surface area contributed by atoms with Crippen LogP contribution < -0.4 is 5.73 Å². The molecule has 1 atom stereocenters. The smallest absolute Gasteiger partial charge is 0.192 e. The lowest BCUT2D eigenvalue weighted by atomic mass is 9.86. The topological polar surface area (TPSA) is 50.8 Å². The molecule has 2 N–H and O–H groups in total. The van der Waals surface area contributed by atoms with Crippen LogP contribution in [0, 0.1) is 0 Å². The van der Waals surface area contributed by atoms with Crippen LogP contribution >= 0.6 is 0 Å². The van der Waals surface area contributed by atoms with Gasteiger partial charge in [-0.3, -0.25) is 4.99 Å². The van der Waals surface area contributed by atoms with E-state index < -0.39 is 0 Å². The van der Waals surface area contributed by atoms with Gasteiger partial charge in [0.05, 0.1) is 18.7 Å². The molecule has 0 spiro atoms. The molecule has 0 amide bonds. The fourth-order valence-electron chi connectivity index (χ4n) is 2.62. The highest BCUT2D eigenvalue weighted by atomic mass is 16.5. The maximum atomic E-state index is 6.03. The largest absolute Gasteiger partial charge is 0.383 e. The number of rotatable bonds is 5. The van der Waals surface area contributed by atoms with Crippen molar-refractivity contribution < 1.29 is 4.74 Å². The van der Waals surface area contributed by atoms with E-state index in [4.69, 9.17) is 10.5 Å². The minimum absolute atomic E-state index is 0.107. The van der Waals surface area contributed by atoms with Gasteiger partial charge in [-0.05, 0) is 12.0 Å². The van der Waals surface area contributed by atoms with E-state index in [0.717, 1.165) is 19.5 Å². The van der Waals surface area contributed by atoms with Crippen molar-refractivity contribution in [3.8, 4) is 0 Å². The highest BCUT2D eigenvalue weighted by Gasteiger charge is 2.41. The highest BCUT2D eigenvalue weighted by Crippen LogP contribution is 2.35. The monoisotopic (exact) mass is 247 g/mol. The van der Waals surface area contributed by atoms with Crippen molar-refractivity contribution in [3.05, 3.63) is 35.9 Å². The summed E-state index contributed by atoms with van der Waals surface area (Å²) in [5.74, 6) is 0.623. The molecule has 0 bridgehead atoms. The van der Waals surface area contributed by atoms with Crippen molar-refractivity contribution in [2.24, 2.45) is 10.7 Å². The van der Waals surface area contributed by atoms with Gasteiger partial charge in [0.15, 0.2) is 5.96 Å². The van der Waals surface area contributed by atoms with E-state index in [0.29, 0.717) is 12.6 Å². The second-order valence-corrected chi connectivity index (χ2v) is 4.57. The maximum Gasteiger partial charge on any atom is 0.192 e. The van der Waals surface area contributed by atoms with Crippen LogP contribution in [0.1, 0.15) is 18.9 Å². The van der Waals surface area contributed by atoms with Crippen LogP contribution in [0.3, 0.4) is 0 Å². The Labute approximate surface area is 108 Å². The molecule has 0 saturated heterocycles. The van der Waals surface area contributed by atoms with Crippen LogP contribution in [0.25, 0.3) is 0 Å². The molecule has 1 aliphatic heterocycles. The Hall–Kier alpha value is -1.55. The van der Waals surface area contributed by atoms with Crippen molar-refractivity contribution in [2.45, 2.75) is 18.9 Å². The first kappa shape index (κ1) is 12.9. The van der Waals surface area contributed by atoms with E-state index >= 15 is 0 Å². The van der Waals surface area contributed by atoms with Gasteiger partial charge < -0.3 is 15.4 Å². The van der Waals surface area contributed by atoms with Gasteiger partial charge in [-0.15, -0.1) is 0 Å². The van der Waals surface area contributed by atoms with Crippen LogP contribution in [-0.2, 0) is 10.3 Å². The summed E-state index contributed by atoms with van der Waals surface area (Å²) in [5.41, 5.74) is 7.19. The van der Waals surface area contributed by atoms with Crippen LogP contribution in [0.4, 0.5) is 0 Å². The zero-order valence-electron chi connectivity index (χ0n) is 11.1. The summed E-state index contributed by atoms with van der Waals surface area (Å²) in [6.07, 6.45) is 0.977. The molecule has 98 valence electrons. The summed E-state index contributed by atoms with van der Waals surface area (Å²) < 4.78 is 5.17. The summed E-state index contributed by atoms with van der Waals surface area (Å²) >= 11 is 0. The lowest BCUT2D eigenvalue weighted by Crippen LogP contribution is -2.50. The number of aliphatic imine (C=N–C) groups is 1. The fraction of sp³-hybridized carbons (Fsp3) is 0.500. The van der Waals surface area contributed by atoms with Crippen molar-refractivity contribution in [2.75, 3.05) is 26.8 Å². The number of nitrogens with two attached hydrogens (primary N) is 1. The summed E-state index contributed by atoms with van der Waals surface area (Å²) in [7, 11) is 1.71. The first-order valence-corrected chi connectivity index (χ1v) is 6.36. The first-order valence-electron chi connectivity index (χ1n) is 6.36. The van der Waals surface area contributed by atoms with Gasteiger partial charge >= 0.3 is 0 Å². The average molecular weight is 247 g/mol. The molecule has 0 aromatic heterocycles. The fourth-order valence-corrected chi connectivity index (χ4v) is 2.62. The Morgan fingerprint density at radius 3 is 2.72 bits per heavy atom. The zero-order valence-corrected chi connectivity index (χ0v) is 11.1. The molecule has 0 radical (unpaired) electrons. The second-order valence-electron chi connectivity index (χ2n) is 4.57. The summed E-state index contributed by atoms with van der Waals surface area (Å²) in [4.78, 5) is 6.61. The number of hydrogen-bond donors (Lipinski definition) is 1. The van der Waals surface area contributed by atoms with E-state index in [-0.39, 0.29) is 5.54 Å². The lowest BCUT2D eigenvalue weighted by molar-refractivity contribution is 0.125. The van der Waals surface area contributed by atoms with Gasteiger partial charge in [0.1, 0.15) is 0 Å². The number of hydrogen-bond acceptors (Lipinski definition) is 4. The van der Waals surface area contributed by atoms with Gasteiger partial charge in [0.2, 0.25) is 0 Å². The lowest BCUT2D eigenvalue weighted by Gasteiger charge is -2.39. The normalized spacial score (nSPS) is 23.2. The SMILES string of the molecule is CCC1(c2ccccc2)CN=C(N)N1CCOC. The molecule has 1 aliphatic rings. The van der Waals surface area contributed by atoms with E-state index in [1.807, 2.05) is 6.07 Å². The van der Waals surface area contributed by atoms with Gasteiger partial charge in [-0.2, -0.15) is 0 Å². The average Bonchev–Trinajstić information content (AvgIpc) is 2.75. The number of ether oxygens (including phenoxy) is 1. The summed E-state index contributed by atoms with van der Waals surface area (Å²) in [6.45, 7) is 4.34. The van der Waals surface area contributed by atoms with Crippen LogP contribution in [-0.4, -0.2) is 37.7 Å². The predicted octanol–water partition coefficient (Wildman–Crippen LogP) is 1.57. The standard InChI is InChI=1S/C14H21N3O/c1-3-14(12-7-5-4-6-8-12)11-16-13(15)17(14)9-10-18-2/h4-8H,3,9-11H2,1-2H3,(H2,15,16). The molecule has 0 saturated carbocycles. The molecule has 1 aromatic rings. The molecular weight excluding hydrogens is 226 g/mol. The zero-order chi connectivity index (χ0) is 13.0. The molecule has 2 rings (SSSR count). The molecule has 0 aliphatic carbocycles. The molecule has 1 unspecified atom stereocenters. The Morgan fingerprint density at radius 1 is 1.39 bits per heavy atom. The van der Waals surface area contributed by atoms with Crippen molar-refractivity contribution in [3.63, 3.8) is 0 Å². The van der Waals surface area contributed by atoms with E-state index in [1.54, 1.807) is 7.11 Å². The van der Waals surface area contributed by atoms with Gasteiger partial charge in [0, 0.05) is 13.7 Å². The van der Waals surface area contributed by atoms with Crippen LogP contribution in [0.2, 0.25) is 0 Å². The molecular formula is C14H21N3O. The van der Waals surface area contributed by atoms with Gasteiger partial charge in [-0.1, -0.05) is 37.3 Å². The molecule has 1 aromatic carbocycles. The van der Waals surface area contributed by atoms with E-state index in [9.17, 15) is 0 Å². The van der Waals surface area contributed by atoms with E-state index in [2.05, 4.69) is 41.1 Å². The minimum Gasteiger partial charge on any atom is -0.383 e. The number of methoxy groups -OCH3 is 1. The van der Waals surface area contributed by atoms with Crippen molar-refractivity contribution in [1.29, 1.82) is 0 Å². The Morgan fingerprint density at radius 2 is 2.11 bits per heavy atom. The minimum atomic E-state index is -0.107. The number of nitrogens with zero attached hydrogens (tertiary/aromatic N) is 2. The number of benzene rings is 1.